The highest BCUT2D eigenvalue weighted by Gasteiger charge is 2.37. The number of halogens is 2. The average molecular weight is 355 g/mol. The van der Waals surface area contributed by atoms with E-state index in [4.69, 9.17) is 0 Å². The molecule has 114 valence electrons. The maximum Gasteiger partial charge on any atom is 0.257 e. The van der Waals surface area contributed by atoms with E-state index in [2.05, 4.69) is 21.2 Å². The number of piperidine rings is 1. The highest BCUT2D eigenvalue weighted by molar-refractivity contribution is 9.10. The molecule has 0 aliphatic carbocycles. The van der Waals surface area contributed by atoms with Crippen molar-refractivity contribution in [2.24, 2.45) is 0 Å². The van der Waals surface area contributed by atoms with Gasteiger partial charge in [0.1, 0.15) is 5.82 Å². The maximum absolute atomic E-state index is 14.2. The Morgan fingerprint density at radius 3 is 2.67 bits per heavy atom. The van der Waals surface area contributed by atoms with Crippen LogP contribution >= 0.6 is 15.9 Å². The first-order chi connectivity index (χ1) is 10.1. The van der Waals surface area contributed by atoms with Gasteiger partial charge in [0.15, 0.2) is 0 Å². The third-order valence-corrected chi connectivity index (χ3v) is 5.28. The van der Waals surface area contributed by atoms with Gasteiger partial charge in [0, 0.05) is 24.7 Å². The van der Waals surface area contributed by atoms with Crippen LogP contribution in [0.15, 0.2) is 22.7 Å². The number of benzene rings is 1. The molecule has 2 unspecified atom stereocenters. The largest absolute Gasteiger partial charge is 0.336 e. The molecule has 2 bridgehead atoms. The molecule has 2 saturated heterocycles. The Kier molecular flexibility index (Phi) is 4.31. The molecule has 1 aromatic rings. The van der Waals surface area contributed by atoms with Crippen LogP contribution in [-0.4, -0.2) is 35.5 Å². The topological polar surface area (TPSA) is 32.3 Å². The van der Waals surface area contributed by atoms with E-state index in [9.17, 15) is 9.18 Å². The first-order valence-corrected chi connectivity index (χ1v) is 8.40. The van der Waals surface area contributed by atoms with Gasteiger partial charge >= 0.3 is 0 Å². The first kappa shape index (κ1) is 15.0. The summed E-state index contributed by atoms with van der Waals surface area (Å²) in [4.78, 5) is 14.6. The van der Waals surface area contributed by atoms with Crippen LogP contribution in [0.3, 0.4) is 0 Å². The summed E-state index contributed by atoms with van der Waals surface area (Å²) < 4.78 is 14.5. The lowest BCUT2D eigenvalue weighted by molar-refractivity contribution is 0.0626. The molecular formula is C16H20BrFN2O. The summed E-state index contributed by atoms with van der Waals surface area (Å²) in [5, 5.41) is 3.58. The zero-order valence-corrected chi connectivity index (χ0v) is 13.7. The van der Waals surface area contributed by atoms with Gasteiger partial charge in [-0.3, -0.25) is 4.79 Å². The Balaban J connectivity index is 1.82. The van der Waals surface area contributed by atoms with Gasteiger partial charge in [-0.25, -0.2) is 4.39 Å². The molecule has 3 nitrogen and oxygen atoms in total. The van der Waals surface area contributed by atoms with E-state index in [0.717, 1.165) is 12.8 Å². The lowest BCUT2D eigenvalue weighted by Crippen LogP contribution is -2.50. The third kappa shape index (κ3) is 2.86. The number of hydrogen-bond acceptors (Lipinski definition) is 2. The van der Waals surface area contributed by atoms with Crippen LogP contribution in [0.5, 0.6) is 0 Å². The SMILES string of the molecule is CCN(C(=O)c1cccc(Br)c1F)C1CC2CCC(C1)N2. The Labute approximate surface area is 133 Å². The lowest BCUT2D eigenvalue weighted by Gasteiger charge is -2.37. The number of hydrogen-bond donors (Lipinski definition) is 1. The minimum atomic E-state index is -0.460. The molecule has 3 rings (SSSR count). The summed E-state index contributed by atoms with van der Waals surface area (Å²) in [6, 6.07) is 6.15. The van der Waals surface area contributed by atoms with E-state index >= 15 is 0 Å². The fourth-order valence-electron chi connectivity index (χ4n) is 3.67. The van der Waals surface area contributed by atoms with E-state index in [-0.39, 0.29) is 17.5 Å². The second-order valence-corrected chi connectivity index (χ2v) is 6.81. The Morgan fingerprint density at radius 2 is 2.05 bits per heavy atom. The molecule has 2 aliphatic rings. The van der Waals surface area contributed by atoms with Crippen LogP contribution in [-0.2, 0) is 0 Å². The third-order valence-electron chi connectivity index (χ3n) is 4.67. The molecule has 0 spiro atoms. The van der Waals surface area contributed by atoms with Crippen LogP contribution < -0.4 is 5.32 Å². The van der Waals surface area contributed by atoms with Gasteiger partial charge < -0.3 is 10.2 Å². The summed E-state index contributed by atoms with van der Waals surface area (Å²) in [5.41, 5.74) is 0.164. The highest BCUT2D eigenvalue weighted by atomic mass is 79.9. The van der Waals surface area contributed by atoms with Gasteiger partial charge in [0.2, 0.25) is 0 Å². The van der Waals surface area contributed by atoms with Crippen LogP contribution in [0, 0.1) is 5.82 Å². The molecule has 0 aromatic heterocycles. The van der Waals surface area contributed by atoms with Crippen LogP contribution in [0.25, 0.3) is 0 Å². The van der Waals surface area contributed by atoms with Crippen LogP contribution in [0.2, 0.25) is 0 Å². The number of carbonyl (C=O) groups is 1. The van der Waals surface area contributed by atoms with Crippen molar-refractivity contribution in [1.29, 1.82) is 0 Å². The number of nitrogens with zero attached hydrogens (tertiary/aromatic N) is 1. The van der Waals surface area contributed by atoms with E-state index in [0.29, 0.717) is 23.1 Å². The molecule has 1 N–H and O–H groups in total. The number of fused-ring (bicyclic) bond motifs is 2. The molecule has 2 atom stereocenters. The van der Waals surface area contributed by atoms with E-state index in [1.807, 2.05) is 11.8 Å². The molecule has 21 heavy (non-hydrogen) atoms. The van der Waals surface area contributed by atoms with Crippen molar-refractivity contribution in [3.05, 3.63) is 34.1 Å². The number of carbonyl (C=O) groups excluding carboxylic acids is 1. The second kappa shape index (κ2) is 6.05. The summed E-state index contributed by atoms with van der Waals surface area (Å²) in [7, 11) is 0. The normalized spacial score (nSPS) is 27.7. The standard InChI is InChI=1S/C16H20BrFN2O/c1-2-20(12-8-10-6-7-11(9-12)19-10)16(21)13-4-3-5-14(17)15(13)18/h3-5,10-12,19H,2,6-9H2,1H3. The highest BCUT2D eigenvalue weighted by Crippen LogP contribution is 2.31. The Hall–Kier alpha value is -0.940. The molecule has 0 radical (unpaired) electrons. The number of amides is 1. The summed E-state index contributed by atoms with van der Waals surface area (Å²) in [6.45, 7) is 2.59. The van der Waals surface area contributed by atoms with Gasteiger partial charge in [-0.15, -0.1) is 0 Å². The van der Waals surface area contributed by atoms with Crippen LogP contribution in [0.1, 0.15) is 43.0 Å². The van der Waals surface area contributed by atoms with Crippen molar-refractivity contribution in [2.75, 3.05) is 6.54 Å². The summed E-state index contributed by atoms with van der Waals surface area (Å²) >= 11 is 3.15. The van der Waals surface area contributed by atoms with E-state index < -0.39 is 5.82 Å². The predicted octanol–water partition coefficient (Wildman–Crippen LogP) is 3.33. The molecular weight excluding hydrogens is 335 g/mol. The fourth-order valence-corrected chi connectivity index (χ4v) is 4.04. The number of rotatable bonds is 3. The monoisotopic (exact) mass is 354 g/mol. The predicted molar refractivity (Wildman–Crippen MR) is 83.8 cm³/mol. The van der Waals surface area contributed by atoms with Gasteiger partial charge in [-0.05, 0) is 60.7 Å². The van der Waals surface area contributed by atoms with Gasteiger partial charge in [0.25, 0.3) is 5.91 Å². The maximum atomic E-state index is 14.2. The van der Waals surface area contributed by atoms with Crippen molar-refractivity contribution in [3.63, 3.8) is 0 Å². The summed E-state index contributed by atoms with van der Waals surface area (Å²) in [6.07, 6.45) is 4.34. The molecule has 2 heterocycles. The van der Waals surface area contributed by atoms with Crippen molar-refractivity contribution in [3.8, 4) is 0 Å². The molecule has 5 heteroatoms. The smallest absolute Gasteiger partial charge is 0.257 e. The average Bonchev–Trinajstić information content (AvgIpc) is 2.81. The molecule has 1 amide bonds. The van der Waals surface area contributed by atoms with Gasteiger partial charge in [-0.2, -0.15) is 0 Å². The van der Waals surface area contributed by atoms with Crippen molar-refractivity contribution in [2.45, 2.75) is 50.7 Å². The summed E-state index contributed by atoms with van der Waals surface area (Å²) in [5.74, 6) is -0.652. The first-order valence-electron chi connectivity index (χ1n) is 7.61. The zero-order valence-electron chi connectivity index (χ0n) is 12.1. The van der Waals surface area contributed by atoms with Gasteiger partial charge in [-0.1, -0.05) is 6.07 Å². The van der Waals surface area contributed by atoms with Crippen molar-refractivity contribution < 1.29 is 9.18 Å². The van der Waals surface area contributed by atoms with Crippen molar-refractivity contribution in [1.82, 2.24) is 10.2 Å². The Bertz CT molecular complexity index is 539. The van der Waals surface area contributed by atoms with Crippen LogP contribution in [0.4, 0.5) is 4.39 Å². The number of nitrogens with one attached hydrogen (secondary N) is 1. The lowest BCUT2D eigenvalue weighted by atomic mass is 9.97. The van der Waals surface area contributed by atoms with Crippen molar-refractivity contribution >= 4 is 21.8 Å². The van der Waals surface area contributed by atoms with Gasteiger partial charge in [0.05, 0.1) is 10.0 Å². The second-order valence-electron chi connectivity index (χ2n) is 5.96. The minimum absolute atomic E-state index is 0.164. The zero-order chi connectivity index (χ0) is 15.0. The van der Waals surface area contributed by atoms with E-state index in [1.54, 1.807) is 18.2 Å². The molecule has 0 saturated carbocycles. The molecule has 2 fully saturated rings. The fraction of sp³-hybridized carbons (Fsp3) is 0.562. The van der Waals surface area contributed by atoms with E-state index in [1.165, 1.54) is 12.8 Å². The minimum Gasteiger partial charge on any atom is -0.336 e. The molecule has 1 aromatic carbocycles. The molecule has 2 aliphatic heterocycles. The Morgan fingerprint density at radius 1 is 1.38 bits per heavy atom. The quantitative estimate of drug-likeness (QED) is 0.902.